The third-order valence-corrected chi connectivity index (χ3v) is 2.49. The number of hydrogen-bond donors (Lipinski definition) is 1. The molecular formula is C12H17F3N2. The minimum Gasteiger partial charge on any atom is -0.367 e. The third kappa shape index (κ3) is 4.24. The predicted octanol–water partition coefficient (Wildman–Crippen LogP) is 4.09. The predicted molar refractivity (Wildman–Crippen MR) is 61.8 cm³/mol. The largest absolute Gasteiger partial charge is 0.419 e. The van der Waals surface area contributed by atoms with Crippen LogP contribution in [0.2, 0.25) is 0 Å². The maximum Gasteiger partial charge on any atom is 0.419 e. The lowest BCUT2D eigenvalue weighted by Crippen LogP contribution is -2.19. The highest BCUT2D eigenvalue weighted by atomic mass is 19.4. The Morgan fingerprint density at radius 3 is 2.71 bits per heavy atom. The number of rotatable bonds is 5. The molecule has 0 fully saturated rings. The van der Waals surface area contributed by atoms with Gasteiger partial charge in [0.15, 0.2) is 0 Å². The van der Waals surface area contributed by atoms with Gasteiger partial charge in [-0.1, -0.05) is 19.8 Å². The summed E-state index contributed by atoms with van der Waals surface area (Å²) in [6.45, 7) is 3.92. The molecule has 0 spiro atoms. The first-order valence-corrected chi connectivity index (χ1v) is 5.74. The molecule has 1 atom stereocenters. The average molecular weight is 246 g/mol. The van der Waals surface area contributed by atoms with Crippen LogP contribution in [0.1, 0.15) is 38.7 Å². The summed E-state index contributed by atoms with van der Waals surface area (Å²) in [5, 5.41) is 2.82. The number of anilines is 1. The molecule has 1 aromatic rings. The molecule has 1 heterocycles. The molecule has 2 nitrogen and oxygen atoms in total. The average Bonchev–Trinajstić information content (AvgIpc) is 2.25. The first-order chi connectivity index (χ1) is 7.95. The summed E-state index contributed by atoms with van der Waals surface area (Å²) in [6.07, 6.45) is -0.141. The fourth-order valence-electron chi connectivity index (χ4n) is 1.56. The van der Waals surface area contributed by atoms with Gasteiger partial charge in [0.2, 0.25) is 0 Å². The highest BCUT2D eigenvalue weighted by Crippen LogP contribution is 2.33. The molecule has 1 N–H and O–H groups in total. The van der Waals surface area contributed by atoms with E-state index < -0.39 is 11.7 Å². The Bertz CT molecular complexity index is 350. The summed E-state index contributed by atoms with van der Waals surface area (Å²) in [4.78, 5) is 3.76. The van der Waals surface area contributed by atoms with Crippen LogP contribution >= 0.6 is 0 Å². The Morgan fingerprint density at radius 2 is 2.12 bits per heavy atom. The molecule has 0 aliphatic heterocycles. The molecule has 0 aliphatic rings. The second kappa shape index (κ2) is 5.89. The van der Waals surface area contributed by atoms with E-state index in [0.717, 1.165) is 25.3 Å². The smallest absolute Gasteiger partial charge is 0.367 e. The van der Waals surface area contributed by atoms with Crippen LogP contribution in [0.3, 0.4) is 0 Å². The number of halogens is 3. The number of unbranched alkanes of at least 4 members (excludes halogenated alkanes) is 1. The van der Waals surface area contributed by atoms with Crippen LogP contribution in [0.25, 0.3) is 0 Å². The molecule has 0 radical (unpaired) electrons. The molecule has 1 unspecified atom stereocenters. The van der Waals surface area contributed by atoms with Crippen molar-refractivity contribution in [3.8, 4) is 0 Å². The summed E-state index contributed by atoms with van der Waals surface area (Å²) in [5.74, 6) is -0.0800. The molecule has 17 heavy (non-hydrogen) atoms. The van der Waals surface area contributed by atoms with Gasteiger partial charge in [0.1, 0.15) is 5.82 Å². The maximum absolute atomic E-state index is 12.7. The lowest BCUT2D eigenvalue weighted by molar-refractivity contribution is -0.137. The molecule has 0 bridgehead atoms. The fraction of sp³-hybridized carbons (Fsp3) is 0.583. The second-order valence-electron chi connectivity index (χ2n) is 4.08. The molecule has 1 aromatic heterocycles. The summed E-state index contributed by atoms with van der Waals surface area (Å²) in [7, 11) is 0. The van der Waals surface area contributed by atoms with E-state index in [1.54, 1.807) is 0 Å². The molecule has 0 saturated carbocycles. The Morgan fingerprint density at radius 1 is 1.41 bits per heavy atom. The van der Waals surface area contributed by atoms with Crippen molar-refractivity contribution >= 4 is 5.82 Å². The van der Waals surface area contributed by atoms with E-state index in [2.05, 4.69) is 17.2 Å². The first kappa shape index (κ1) is 13.8. The normalized spacial score (nSPS) is 13.5. The maximum atomic E-state index is 12.7. The van der Waals surface area contributed by atoms with Gasteiger partial charge in [0.05, 0.1) is 5.56 Å². The first-order valence-electron chi connectivity index (χ1n) is 5.74. The molecule has 1 rings (SSSR count). The number of nitrogens with one attached hydrogen (secondary N) is 1. The number of pyridine rings is 1. The Hall–Kier alpha value is -1.26. The van der Waals surface area contributed by atoms with Crippen LogP contribution in [0.4, 0.5) is 19.0 Å². The minimum absolute atomic E-state index is 0.00838. The van der Waals surface area contributed by atoms with E-state index in [0.29, 0.717) is 0 Å². The van der Waals surface area contributed by atoms with Gasteiger partial charge in [-0.05, 0) is 25.5 Å². The Kier molecular flexibility index (Phi) is 4.78. The van der Waals surface area contributed by atoms with Gasteiger partial charge in [-0.3, -0.25) is 0 Å². The summed E-state index contributed by atoms with van der Waals surface area (Å²) in [6, 6.07) is 2.33. The zero-order chi connectivity index (χ0) is 12.9. The van der Waals surface area contributed by atoms with Crippen molar-refractivity contribution in [2.75, 3.05) is 5.32 Å². The number of hydrogen-bond acceptors (Lipinski definition) is 2. The SMILES string of the molecule is CCCCC(C)Nc1ncccc1C(F)(F)F. The molecule has 0 aromatic carbocycles. The number of aromatic nitrogens is 1. The van der Waals surface area contributed by atoms with Crippen molar-refractivity contribution in [3.63, 3.8) is 0 Å². The van der Waals surface area contributed by atoms with E-state index in [4.69, 9.17) is 0 Å². The van der Waals surface area contributed by atoms with Crippen LogP contribution < -0.4 is 5.32 Å². The fourth-order valence-corrected chi connectivity index (χ4v) is 1.56. The standard InChI is InChI=1S/C12H17F3N2/c1-3-4-6-9(2)17-11-10(12(13,14)15)7-5-8-16-11/h5,7-9H,3-4,6H2,1-2H3,(H,16,17). The highest BCUT2D eigenvalue weighted by molar-refractivity contribution is 5.46. The van der Waals surface area contributed by atoms with Crippen molar-refractivity contribution in [3.05, 3.63) is 23.9 Å². The van der Waals surface area contributed by atoms with E-state index in [1.807, 2.05) is 6.92 Å². The van der Waals surface area contributed by atoms with Crippen molar-refractivity contribution in [2.45, 2.75) is 45.3 Å². The van der Waals surface area contributed by atoms with E-state index >= 15 is 0 Å². The van der Waals surface area contributed by atoms with E-state index in [1.165, 1.54) is 12.3 Å². The van der Waals surface area contributed by atoms with Gasteiger partial charge in [-0.15, -0.1) is 0 Å². The van der Waals surface area contributed by atoms with Gasteiger partial charge >= 0.3 is 6.18 Å². The summed E-state index contributed by atoms with van der Waals surface area (Å²) < 4.78 is 38.0. The zero-order valence-electron chi connectivity index (χ0n) is 10.0. The topological polar surface area (TPSA) is 24.9 Å². The van der Waals surface area contributed by atoms with Crippen LogP contribution in [-0.4, -0.2) is 11.0 Å². The Balaban J connectivity index is 2.77. The zero-order valence-corrected chi connectivity index (χ0v) is 10.0. The van der Waals surface area contributed by atoms with Crippen LogP contribution in [-0.2, 0) is 6.18 Å². The molecule has 5 heteroatoms. The molecule has 0 saturated heterocycles. The summed E-state index contributed by atoms with van der Waals surface area (Å²) in [5.41, 5.74) is -0.705. The summed E-state index contributed by atoms with van der Waals surface area (Å²) >= 11 is 0. The van der Waals surface area contributed by atoms with Gasteiger partial charge in [0, 0.05) is 12.2 Å². The molecular weight excluding hydrogens is 229 g/mol. The molecule has 0 amide bonds. The van der Waals surface area contributed by atoms with Crippen molar-refractivity contribution in [1.29, 1.82) is 0 Å². The second-order valence-corrected chi connectivity index (χ2v) is 4.08. The highest BCUT2D eigenvalue weighted by Gasteiger charge is 2.34. The quantitative estimate of drug-likeness (QED) is 0.846. The van der Waals surface area contributed by atoms with Gasteiger partial charge in [0.25, 0.3) is 0 Å². The van der Waals surface area contributed by atoms with Crippen LogP contribution in [0, 0.1) is 0 Å². The van der Waals surface area contributed by atoms with Crippen molar-refractivity contribution in [2.24, 2.45) is 0 Å². The lowest BCUT2D eigenvalue weighted by atomic mass is 10.1. The van der Waals surface area contributed by atoms with Crippen LogP contribution in [0.5, 0.6) is 0 Å². The van der Waals surface area contributed by atoms with Crippen LogP contribution in [0.15, 0.2) is 18.3 Å². The van der Waals surface area contributed by atoms with E-state index in [-0.39, 0.29) is 11.9 Å². The number of nitrogens with zero attached hydrogens (tertiary/aromatic N) is 1. The Labute approximate surface area is 99.3 Å². The minimum atomic E-state index is -4.36. The van der Waals surface area contributed by atoms with Crippen molar-refractivity contribution < 1.29 is 13.2 Å². The van der Waals surface area contributed by atoms with Crippen molar-refractivity contribution in [1.82, 2.24) is 4.98 Å². The third-order valence-electron chi connectivity index (χ3n) is 2.49. The molecule has 0 aliphatic carbocycles. The van der Waals surface area contributed by atoms with Gasteiger partial charge < -0.3 is 5.32 Å². The number of alkyl halides is 3. The van der Waals surface area contributed by atoms with Gasteiger partial charge in [-0.25, -0.2) is 4.98 Å². The lowest BCUT2D eigenvalue weighted by Gasteiger charge is -2.17. The monoisotopic (exact) mass is 246 g/mol. The van der Waals surface area contributed by atoms with Gasteiger partial charge in [-0.2, -0.15) is 13.2 Å². The molecule has 96 valence electrons. The van der Waals surface area contributed by atoms with E-state index in [9.17, 15) is 13.2 Å².